The van der Waals surface area contributed by atoms with E-state index in [0.29, 0.717) is 16.6 Å². The summed E-state index contributed by atoms with van der Waals surface area (Å²) in [7, 11) is 1.59. The summed E-state index contributed by atoms with van der Waals surface area (Å²) in [6, 6.07) is 17.3. The summed E-state index contributed by atoms with van der Waals surface area (Å²) >= 11 is 6.13. The quantitative estimate of drug-likeness (QED) is 0.723. The van der Waals surface area contributed by atoms with Crippen molar-refractivity contribution in [1.29, 1.82) is 0 Å². The molecule has 0 spiro atoms. The molecule has 0 atom stereocenters. The van der Waals surface area contributed by atoms with E-state index in [9.17, 15) is 0 Å². The first-order valence-corrected chi connectivity index (χ1v) is 7.12. The number of rotatable bonds is 4. The lowest BCUT2D eigenvalue weighted by molar-refractivity contribution is 0.415. The third-order valence-corrected chi connectivity index (χ3v) is 3.46. The molecule has 6 heteroatoms. The highest BCUT2D eigenvalue weighted by Gasteiger charge is 2.05. The molecule has 1 aromatic heterocycles. The summed E-state index contributed by atoms with van der Waals surface area (Å²) in [5.74, 6) is 1.34. The van der Waals surface area contributed by atoms with Crippen LogP contribution in [0.2, 0.25) is 5.02 Å². The molecule has 0 bridgehead atoms. The van der Waals surface area contributed by atoms with Crippen molar-refractivity contribution < 1.29 is 4.74 Å². The van der Waals surface area contributed by atoms with Crippen molar-refractivity contribution in [2.24, 2.45) is 0 Å². The van der Waals surface area contributed by atoms with Crippen molar-refractivity contribution >= 4 is 35.5 Å². The molecule has 0 aliphatic carbocycles. The predicted octanol–water partition coefficient (Wildman–Crippen LogP) is 4.97. The van der Waals surface area contributed by atoms with Gasteiger partial charge in [-0.15, -0.1) is 12.4 Å². The van der Waals surface area contributed by atoms with Crippen LogP contribution in [0.3, 0.4) is 0 Å². The highest BCUT2D eigenvalue weighted by atomic mass is 35.5. The maximum atomic E-state index is 6.13. The van der Waals surface area contributed by atoms with Crippen molar-refractivity contribution in [2.75, 3.05) is 12.4 Å². The molecule has 0 unspecified atom stereocenters. The highest BCUT2D eigenvalue weighted by Crippen LogP contribution is 2.29. The van der Waals surface area contributed by atoms with Crippen LogP contribution in [0.25, 0.3) is 11.3 Å². The van der Waals surface area contributed by atoms with E-state index >= 15 is 0 Å². The highest BCUT2D eigenvalue weighted by molar-refractivity contribution is 6.32. The molecule has 3 aromatic rings. The van der Waals surface area contributed by atoms with E-state index in [1.54, 1.807) is 13.2 Å². The molecule has 0 amide bonds. The van der Waals surface area contributed by atoms with Gasteiger partial charge in [0, 0.05) is 17.3 Å². The molecule has 0 aliphatic heterocycles. The van der Waals surface area contributed by atoms with Crippen molar-refractivity contribution in [2.45, 2.75) is 0 Å². The van der Waals surface area contributed by atoms with Crippen LogP contribution in [-0.4, -0.2) is 17.1 Å². The third kappa shape index (κ3) is 4.12. The van der Waals surface area contributed by atoms with Gasteiger partial charge in [-0.05, 0) is 18.2 Å². The summed E-state index contributed by atoms with van der Waals surface area (Å²) in [5.41, 5.74) is 2.74. The monoisotopic (exact) mass is 347 g/mol. The minimum Gasteiger partial charge on any atom is -0.495 e. The van der Waals surface area contributed by atoms with E-state index in [1.807, 2.05) is 48.5 Å². The molecule has 0 radical (unpaired) electrons. The Bertz CT molecular complexity index is 782. The second-order valence-electron chi connectivity index (χ2n) is 4.63. The SMILES string of the molecule is COc1ccc(Nc2cc(-c3ccccc3)ncn2)cc1Cl.Cl. The zero-order valence-electron chi connectivity index (χ0n) is 12.4. The number of ether oxygens (including phenoxy) is 1. The minimum atomic E-state index is 0. The van der Waals surface area contributed by atoms with Gasteiger partial charge in [0.2, 0.25) is 0 Å². The lowest BCUT2D eigenvalue weighted by Crippen LogP contribution is -1.96. The lowest BCUT2D eigenvalue weighted by Gasteiger charge is -2.09. The first-order valence-electron chi connectivity index (χ1n) is 6.74. The fourth-order valence-electron chi connectivity index (χ4n) is 2.08. The number of benzene rings is 2. The molecular formula is C17H15Cl2N3O. The number of methoxy groups -OCH3 is 1. The summed E-state index contributed by atoms with van der Waals surface area (Å²) in [5, 5.41) is 3.76. The molecule has 1 heterocycles. The largest absolute Gasteiger partial charge is 0.495 e. The van der Waals surface area contributed by atoms with Gasteiger partial charge in [-0.1, -0.05) is 41.9 Å². The van der Waals surface area contributed by atoms with Crippen molar-refractivity contribution in [1.82, 2.24) is 9.97 Å². The summed E-state index contributed by atoms with van der Waals surface area (Å²) in [6.45, 7) is 0. The van der Waals surface area contributed by atoms with Gasteiger partial charge in [0.05, 0.1) is 17.8 Å². The van der Waals surface area contributed by atoms with Crippen LogP contribution in [-0.2, 0) is 0 Å². The molecule has 2 aromatic carbocycles. The summed E-state index contributed by atoms with van der Waals surface area (Å²) < 4.78 is 5.14. The Morgan fingerprint density at radius 1 is 1.00 bits per heavy atom. The Kier molecular flexibility index (Phi) is 5.79. The van der Waals surface area contributed by atoms with Crippen LogP contribution in [0.15, 0.2) is 60.9 Å². The molecule has 0 saturated heterocycles. The van der Waals surface area contributed by atoms with Crippen LogP contribution in [0.1, 0.15) is 0 Å². The van der Waals surface area contributed by atoms with Gasteiger partial charge in [0.25, 0.3) is 0 Å². The Balaban J connectivity index is 0.00000192. The zero-order valence-corrected chi connectivity index (χ0v) is 13.9. The first-order chi connectivity index (χ1) is 10.8. The third-order valence-electron chi connectivity index (χ3n) is 3.16. The number of hydrogen-bond acceptors (Lipinski definition) is 4. The van der Waals surface area contributed by atoms with Crippen LogP contribution < -0.4 is 10.1 Å². The Morgan fingerprint density at radius 2 is 1.78 bits per heavy atom. The number of nitrogens with zero attached hydrogens (tertiary/aromatic N) is 2. The molecule has 23 heavy (non-hydrogen) atoms. The van der Waals surface area contributed by atoms with E-state index in [1.165, 1.54) is 6.33 Å². The normalized spacial score (nSPS) is 9.83. The first kappa shape index (κ1) is 17.1. The number of nitrogens with one attached hydrogen (secondary N) is 1. The average molecular weight is 348 g/mol. The number of hydrogen-bond donors (Lipinski definition) is 1. The van der Waals surface area contributed by atoms with Gasteiger partial charge in [-0.25, -0.2) is 9.97 Å². The van der Waals surface area contributed by atoms with Crippen molar-refractivity contribution in [3.63, 3.8) is 0 Å². The maximum Gasteiger partial charge on any atom is 0.137 e. The molecular weight excluding hydrogens is 333 g/mol. The van der Waals surface area contributed by atoms with E-state index in [0.717, 1.165) is 16.9 Å². The number of aromatic nitrogens is 2. The fourth-order valence-corrected chi connectivity index (χ4v) is 2.34. The molecule has 1 N–H and O–H groups in total. The lowest BCUT2D eigenvalue weighted by atomic mass is 10.1. The second kappa shape index (κ2) is 7.81. The minimum absolute atomic E-state index is 0. The molecule has 3 rings (SSSR count). The van der Waals surface area contributed by atoms with E-state index < -0.39 is 0 Å². The van der Waals surface area contributed by atoms with Gasteiger partial charge in [0.15, 0.2) is 0 Å². The summed E-state index contributed by atoms with van der Waals surface area (Å²) in [6.07, 6.45) is 1.54. The molecule has 0 saturated carbocycles. The van der Waals surface area contributed by atoms with Gasteiger partial charge < -0.3 is 10.1 Å². The van der Waals surface area contributed by atoms with Gasteiger partial charge in [0.1, 0.15) is 17.9 Å². The van der Waals surface area contributed by atoms with Crippen LogP contribution in [0.5, 0.6) is 5.75 Å². The predicted molar refractivity (Wildman–Crippen MR) is 96.0 cm³/mol. The van der Waals surface area contributed by atoms with Crippen LogP contribution in [0.4, 0.5) is 11.5 Å². The van der Waals surface area contributed by atoms with Crippen LogP contribution >= 0.6 is 24.0 Å². The Morgan fingerprint density at radius 3 is 2.48 bits per heavy atom. The summed E-state index contributed by atoms with van der Waals surface area (Å²) in [4.78, 5) is 8.53. The standard InChI is InChI=1S/C17H14ClN3O.ClH/c1-22-16-8-7-13(9-14(16)18)21-17-10-15(19-11-20-17)12-5-3-2-4-6-12;/h2-11H,1H3,(H,19,20,21);1H. The van der Waals surface area contributed by atoms with E-state index in [-0.39, 0.29) is 12.4 Å². The van der Waals surface area contributed by atoms with Gasteiger partial charge >= 0.3 is 0 Å². The number of anilines is 2. The van der Waals surface area contributed by atoms with Gasteiger partial charge in [-0.3, -0.25) is 0 Å². The van der Waals surface area contributed by atoms with Crippen molar-refractivity contribution in [3.8, 4) is 17.0 Å². The number of halogens is 2. The maximum absolute atomic E-state index is 6.13. The van der Waals surface area contributed by atoms with Gasteiger partial charge in [-0.2, -0.15) is 0 Å². The molecule has 4 nitrogen and oxygen atoms in total. The average Bonchev–Trinajstić information content (AvgIpc) is 2.56. The molecule has 118 valence electrons. The van der Waals surface area contributed by atoms with E-state index in [2.05, 4.69) is 15.3 Å². The Hall–Kier alpha value is -2.30. The Labute approximate surface area is 145 Å². The van der Waals surface area contributed by atoms with E-state index in [4.69, 9.17) is 16.3 Å². The topological polar surface area (TPSA) is 47.0 Å². The smallest absolute Gasteiger partial charge is 0.137 e. The molecule has 0 aliphatic rings. The zero-order chi connectivity index (χ0) is 15.4. The van der Waals surface area contributed by atoms with Crippen molar-refractivity contribution in [3.05, 3.63) is 65.9 Å². The second-order valence-corrected chi connectivity index (χ2v) is 5.04. The molecule has 0 fully saturated rings. The fraction of sp³-hybridized carbons (Fsp3) is 0.0588. The van der Waals surface area contributed by atoms with Crippen LogP contribution in [0, 0.1) is 0 Å².